The van der Waals surface area contributed by atoms with Gasteiger partial charge in [0.2, 0.25) is 11.8 Å². The van der Waals surface area contributed by atoms with Crippen LogP contribution in [0.2, 0.25) is 0 Å². The second kappa shape index (κ2) is 8.73. The van der Waals surface area contributed by atoms with Crippen molar-refractivity contribution in [2.75, 3.05) is 26.2 Å². The van der Waals surface area contributed by atoms with Gasteiger partial charge in [-0.25, -0.2) is 0 Å². The van der Waals surface area contributed by atoms with E-state index in [0.29, 0.717) is 11.4 Å². The van der Waals surface area contributed by atoms with E-state index in [4.69, 9.17) is 9.47 Å². The number of hydrogen-bond acceptors (Lipinski definition) is 9. The molecule has 12 heteroatoms. The molecule has 200 valence electrons. The molecule has 12 nitrogen and oxygen atoms in total. The minimum atomic E-state index is -1.28. The third-order valence-corrected chi connectivity index (χ3v) is 8.13. The first kappa shape index (κ1) is 24.7. The molecule has 4 aliphatic heterocycles. The largest absolute Gasteiger partial charge is 0.497 e. The van der Waals surface area contributed by atoms with Gasteiger partial charge in [0, 0.05) is 18.8 Å². The molecule has 6 atom stereocenters. The number of methoxy groups -OCH3 is 2. The lowest BCUT2D eigenvalue weighted by atomic mass is 9.78. The summed E-state index contributed by atoms with van der Waals surface area (Å²) in [5.74, 6) is -5.13. The topological polar surface area (TPSA) is 143 Å². The summed E-state index contributed by atoms with van der Waals surface area (Å²) in [5, 5.41) is 3.06. The van der Waals surface area contributed by atoms with Crippen LogP contribution in [0.15, 0.2) is 48.5 Å². The number of anilines is 1. The van der Waals surface area contributed by atoms with Crippen molar-refractivity contribution in [3.05, 3.63) is 59.7 Å². The summed E-state index contributed by atoms with van der Waals surface area (Å²) in [5.41, 5.74) is 0.783. The highest BCUT2D eigenvalue weighted by Crippen LogP contribution is 2.45. The Hall–Kier alpha value is -4.58. The Labute approximate surface area is 222 Å². The third kappa shape index (κ3) is 3.27. The summed E-state index contributed by atoms with van der Waals surface area (Å²) in [6.07, 6.45) is 0. The van der Waals surface area contributed by atoms with Crippen LogP contribution in [-0.4, -0.2) is 90.7 Å². The van der Waals surface area contributed by atoms with Crippen LogP contribution in [0.3, 0.4) is 0 Å². The summed E-state index contributed by atoms with van der Waals surface area (Å²) in [7, 11) is 4.01. The molecule has 5 amide bonds. The number of nitrogens with one attached hydrogen (secondary N) is 1. The van der Waals surface area contributed by atoms with Crippen LogP contribution < -0.4 is 15.0 Å². The maximum atomic E-state index is 13.8. The van der Waals surface area contributed by atoms with E-state index < -0.39 is 71.5 Å². The maximum Gasteiger partial charge on any atom is 0.323 e. The summed E-state index contributed by atoms with van der Waals surface area (Å²) < 4.78 is 10.1. The Morgan fingerprint density at radius 1 is 0.795 bits per heavy atom. The molecule has 3 saturated heterocycles. The SMILES string of the molecule is COC(=O)[C@@H]1N[C@H]([C@H]2[C@@H](N3C(=O)c4ccccc4C3=O)C(=O)N2c2ccc(OC)cc2)[C@@H]2C(=O)N(C)C(=O)[C@@H]21. The van der Waals surface area contributed by atoms with Crippen molar-refractivity contribution < 1.29 is 38.2 Å². The lowest BCUT2D eigenvalue weighted by Crippen LogP contribution is -2.77. The highest BCUT2D eigenvalue weighted by atomic mass is 16.5. The predicted octanol–water partition coefficient (Wildman–Crippen LogP) is -0.180. The normalized spacial score (nSPS) is 29.5. The van der Waals surface area contributed by atoms with Crippen LogP contribution in [0.4, 0.5) is 5.69 Å². The second-order valence-corrected chi connectivity index (χ2v) is 9.85. The van der Waals surface area contributed by atoms with Crippen LogP contribution in [0.25, 0.3) is 0 Å². The van der Waals surface area contributed by atoms with Gasteiger partial charge in [-0.15, -0.1) is 0 Å². The van der Waals surface area contributed by atoms with Gasteiger partial charge in [0.15, 0.2) is 0 Å². The van der Waals surface area contributed by atoms with E-state index in [0.717, 1.165) is 9.80 Å². The third-order valence-electron chi connectivity index (χ3n) is 8.13. The molecule has 6 rings (SSSR count). The molecule has 0 spiro atoms. The average molecular weight is 533 g/mol. The van der Waals surface area contributed by atoms with Gasteiger partial charge >= 0.3 is 5.97 Å². The molecule has 1 N–H and O–H groups in total. The van der Waals surface area contributed by atoms with Gasteiger partial charge in [0.05, 0.1) is 43.2 Å². The summed E-state index contributed by atoms with van der Waals surface area (Å²) in [4.78, 5) is 82.8. The van der Waals surface area contributed by atoms with Gasteiger partial charge in [-0.1, -0.05) is 12.1 Å². The lowest BCUT2D eigenvalue weighted by Gasteiger charge is -2.52. The van der Waals surface area contributed by atoms with E-state index in [2.05, 4.69) is 5.32 Å². The molecule has 3 fully saturated rings. The first-order valence-electron chi connectivity index (χ1n) is 12.3. The minimum Gasteiger partial charge on any atom is -0.497 e. The van der Waals surface area contributed by atoms with Crippen molar-refractivity contribution >= 4 is 41.2 Å². The molecule has 0 bridgehead atoms. The molecular weight excluding hydrogens is 508 g/mol. The Bertz CT molecular complexity index is 1420. The molecule has 0 saturated carbocycles. The maximum absolute atomic E-state index is 13.8. The van der Waals surface area contributed by atoms with E-state index in [1.807, 2.05) is 0 Å². The number of β-lactam (4-membered cyclic amide) rings is 1. The Morgan fingerprint density at radius 3 is 1.95 bits per heavy atom. The van der Waals surface area contributed by atoms with E-state index >= 15 is 0 Å². The van der Waals surface area contributed by atoms with Crippen molar-refractivity contribution in [2.45, 2.75) is 24.2 Å². The van der Waals surface area contributed by atoms with Crippen molar-refractivity contribution in [1.29, 1.82) is 0 Å². The van der Waals surface area contributed by atoms with Crippen molar-refractivity contribution in [3.8, 4) is 5.75 Å². The summed E-state index contributed by atoms with van der Waals surface area (Å²) in [6.45, 7) is 0. The zero-order valence-electron chi connectivity index (χ0n) is 21.2. The molecule has 39 heavy (non-hydrogen) atoms. The van der Waals surface area contributed by atoms with Crippen LogP contribution in [0.1, 0.15) is 20.7 Å². The standard InChI is InChI=1S/C27H24N4O8/c1-29-24(34)16-17(25(29)35)19(27(37)39-3)28-18(16)20-21(26(36)30(20)12-8-10-13(38-2)11-9-12)31-22(32)14-6-4-5-7-15(14)23(31)33/h4-11,16-21,28H,1-3H3/t16-,17+,18+,19-,20+,21-/m1/s1. The summed E-state index contributed by atoms with van der Waals surface area (Å²) >= 11 is 0. The number of ether oxygens (including phenoxy) is 2. The molecule has 2 aromatic carbocycles. The van der Waals surface area contributed by atoms with Crippen LogP contribution in [0.5, 0.6) is 5.75 Å². The van der Waals surface area contributed by atoms with Gasteiger partial charge in [0.1, 0.15) is 17.8 Å². The van der Waals surface area contributed by atoms with E-state index in [1.165, 1.54) is 38.3 Å². The second-order valence-electron chi connectivity index (χ2n) is 9.85. The van der Waals surface area contributed by atoms with E-state index in [9.17, 15) is 28.8 Å². The molecule has 4 aliphatic rings. The zero-order valence-corrected chi connectivity index (χ0v) is 21.2. The quantitative estimate of drug-likeness (QED) is 0.315. The average Bonchev–Trinajstić information content (AvgIpc) is 3.53. The minimum absolute atomic E-state index is 0.175. The van der Waals surface area contributed by atoms with Gasteiger partial charge in [-0.2, -0.15) is 0 Å². The van der Waals surface area contributed by atoms with Crippen LogP contribution in [0, 0.1) is 11.8 Å². The number of rotatable bonds is 5. The first-order chi connectivity index (χ1) is 18.7. The van der Waals surface area contributed by atoms with Gasteiger partial charge in [-0.3, -0.25) is 43.9 Å². The Balaban J connectivity index is 1.45. The number of nitrogens with zero attached hydrogens (tertiary/aromatic N) is 3. The van der Waals surface area contributed by atoms with Crippen molar-refractivity contribution in [2.24, 2.45) is 11.8 Å². The smallest absolute Gasteiger partial charge is 0.323 e. The highest BCUT2D eigenvalue weighted by Gasteiger charge is 2.68. The predicted molar refractivity (Wildman–Crippen MR) is 132 cm³/mol. The fourth-order valence-corrected chi connectivity index (χ4v) is 6.27. The number of amides is 5. The van der Waals surface area contributed by atoms with Gasteiger partial charge in [-0.05, 0) is 36.4 Å². The fourth-order valence-electron chi connectivity index (χ4n) is 6.27. The first-order valence-corrected chi connectivity index (χ1v) is 12.3. The monoisotopic (exact) mass is 532 g/mol. The zero-order chi connectivity index (χ0) is 27.7. The number of esters is 1. The van der Waals surface area contributed by atoms with Crippen molar-refractivity contribution in [3.63, 3.8) is 0 Å². The number of carbonyl (C=O) groups is 6. The van der Waals surface area contributed by atoms with E-state index in [1.54, 1.807) is 36.4 Å². The lowest BCUT2D eigenvalue weighted by molar-refractivity contribution is -0.147. The molecule has 0 unspecified atom stereocenters. The fraction of sp³-hybridized carbons (Fsp3) is 0.333. The number of likely N-dealkylation sites (tertiary alicyclic amines) is 1. The highest BCUT2D eigenvalue weighted by molar-refractivity contribution is 6.25. The molecule has 2 aromatic rings. The molecular formula is C27H24N4O8. The Morgan fingerprint density at radius 2 is 1.38 bits per heavy atom. The Kier molecular flexibility index (Phi) is 5.54. The number of hydrogen-bond donors (Lipinski definition) is 1. The number of benzene rings is 2. The molecule has 4 heterocycles. The van der Waals surface area contributed by atoms with Crippen LogP contribution >= 0.6 is 0 Å². The van der Waals surface area contributed by atoms with E-state index in [-0.39, 0.29) is 11.1 Å². The summed E-state index contributed by atoms with van der Waals surface area (Å²) in [6, 6.07) is 8.52. The number of carbonyl (C=O) groups excluding carboxylic acids is 6. The van der Waals surface area contributed by atoms with Crippen molar-refractivity contribution in [1.82, 2.24) is 15.1 Å². The number of fused-ring (bicyclic) bond motifs is 2. The van der Waals surface area contributed by atoms with Gasteiger partial charge < -0.3 is 14.4 Å². The van der Waals surface area contributed by atoms with Crippen LogP contribution in [-0.2, 0) is 23.9 Å². The molecule has 0 aliphatic carbocycles. The van der Waals surface area contributed by atoms with Gasteiger partial charge in [0.25, 0.3) is 17.7 Å². The molecule has 0 radical (unpaired) electrons. The number of imide groups is 2. The molecule has 0 aromatic heterocycles.